The predicted octanol–water partition coefficient (Wildman–Crippen LogP) is 1.13. The molecule has 0 unspecified atom stereocenters. The first-order valence-corrected chi connectivity index (χ1v) is 5.11. The quantitative estimate of drug-likeness (QED) is 0.527. The average Bonchev–Trinajstić information content (AvgIpc) is 1.98. The van der Waals surface area contributed by atoms with Gasteiger partial charge < -0.3 is 5.73 Å². The van der Waals surface area contributed by atoms with Crippen LogP contribution in [-0.4, -0.2) is 13.0 Å². The van der Waals surface area contributed by atoms with E-state index in [-0.39, 0.29) is 4.90 Å². The second-order valence-electron chi connectivity index (χ2n) is 2.89. The summed E-state index contributed by atoms with van der Waals surface area (Å²) in [6.07, 6.45) is 0. The average molecular weight is 201 g/mol. The third kappa shape index (κ3) is 1.81. The molecule has 0 bridgehead atoms. The molecule has 1 aromatic carbocycles. The summed E-state index contributed by atoms with van der Waals surface area (Å²) >= 11 is 0. The van der Waals surface area contributed by atoms with Crippen molar-refractivity contribution in [1.82, 2.24) is 0 Å². The van der Waals surface area contributed by atoms with Gasteiger partial charge in [0.2, 0.25) is 0 Å². The van der Waals surface area contributed by atoms with Gasteiger partial charge in [-0.1, -0.05) is 6.07 Å². The van der Waals surface area contributed by atoms with E-state index in [1.165, 1.54) is 6.07 Å². The fraction of sp³-hybridized carbons (Fsp3) is 0.250. The molecule has 13 heavy (non-hydrogen) atoms. The van der Waals surface area contributed by atoms with Gasteiger partial charge in [0, 0.05) is 5.69 Å². The van der Waals surface area contributed by atoms with Gasteiger partial charge in [0.1, 0.15) is 0 Å². The maximum absolute atomic E-state index is 10.8. The predicted molar refractivity (Wildman–Crippen MR) is 50.1 cm³/mol. The lowest BCUT2D eigenvalue weighted by molar-refractivity contribution is 0.482. The van der Waals surface area contributed by atoms with Crippen LogP contribution >= 0.6 is 0 Å². The van der Waals surface area contributed by atoms with E-state index in [1.54, 1.807) is 19.9 Å². The number of aryl methyl sites for hydroxylation is 1. The number of anilines is 1. The molecule has 0 atom stereocenters. The highest BCUT2D eigenvalue weighted by Gasteiger charge is 2.15. The topological polar surface area (TPSA) is 80.4 Å². The van der Waals surface area contributed by atoms with Gasteiger partial charge in [-0.15, -0.1) is 0 Å². The van der Waals surface area contributed by atoms with Gasteiger partial charge in [-0.2, -0.15) is 8.42 Å². The van der Waals surface area contributed by atoms with Crippen molar-refractivity contribution < 1.29 is 13.0 Å². The molecule has 72 valence electrons. The molecule has 0 saturated heterocycles. The maximum atomic E-state index is 10.8. The molecule has 1 rings (SSSR count). The Morgan fingerprint density at radius 1 is 1.31 bits per heavy atom. The zero-order valence-electron chi connectivity index (χ0n) is 7.40. The highest BCUT2D eigenvalue weighted by Crippen LogP contribution is 2.23. The molecule has 0 amide bonds. The molecule has 0 heterocycles. The maximum Gasteiger partial charge on any atom is 0.294 e. The fourth-order valence-corrected chi connectivity index (χ4v) is 1.86. The van der Waals surface area contributed by atoms with E-state index < -0.39 is 10.1 Å². The first kappa shape index (κ1) is 10.0. The zero-order chi connectivity index (χ0) is 10.2. The van der Waals surface area contributed by atoms with Crippen LogP contribution in [0.1, 0.15) is 11.1 Å². The largest absolute Gasteiger partial charge is 0.398 e. The van der Waals surface area contributed by atoms with Crippen LogP contribution in [0.3, 0.4) is 0 Å². The van der Waals surface area contributed by atoms with Crippen molar-refractivity contribution in [1.29, 1.82) is 0 Å². The molecule has 0 fully saturated rings. The normalized spacial score (nSPS) is 11.6. The van der Waals surface area contributed by atoms with E-state index >= 15 is 0 Å². The summed E-state index contributed by atoms with van der Waals surface area (Å²) < 4.78 is 30.4. The smallest absolute Gasteiger partial charge is 0.294 e. The summed E-state index contributed by atoms with van der Waals surface area (Å²) in [5, 5.41) is 0. The molecule has 3 N–H and O–H groups in total. The van der Waals surface area contributed by atoms with E-state index in [2.05, 4.69) is 0 Å². The van der Waals surface area contributed by atoms with Crippen molar-refractivity contribution in [3.8, 4) is 0 Å². The second-order valence-corrected chi connectivity index (χ2v) is 4.28. The van der Waals surface area contributed by atoms with Crippen LogP contribution in [-0.2, 0) is 10.1 Å². The summed E-state index contributed by atoms with van der Waals surface area (Å²) in [4.78, 5) is -0.129. The molecule has 4 nitrogen and oxygen atoms in total. The Bertz CT molecular complexity index is 437. The summed E-state index contributed by atoms with van der Waals surface area (Å²) in [6, 6.07) is 2.90. The monoisotopic (exact) mass is 201 g/mol. The van der Waals surface area contributed by atoms with Crippen LogP contribution in [0, 0.1) is 13.8 Å². The molecule has 0 radical (unpaired) electrons. The van der Waals surface area contributed by atoms with Crippen LogP contribution in [0.25, 0.3) is 0 Å². The van der Waals surface area contributed by atoms with Gasteiger partial charge in [-0.3, -0.25) is 4.55 Å². The first-order valence-electron chi connectivity index (χ1n) is 3.67. The second kappa shape index (κ2) is 3.01. The molecule has 0 aromatic heterocycles. The lowest BCUT2D eigenvalue weighted by Crippen LogP contribution is -2.04. The molecule has 0 spiro atoms. The molecule has 0 aliphatic rings. The Kier molecular flexibility index (Phi) is 2.32. The number of nitrogens with two attached hydrogens (primary N) is 1. The van der Waals surface area contributed by atoms with E-state index in [9.17, 15) is 8.42 Å². The summed E-state index contributed by atoms with van der Waals surface area (Å²) in [7, 11) is -4.15. The minimum atomic E-state index is -4.15. The number of benzene rings is 1. The highest BCUT2D eigenvalue weighted by molar-refractivity contribution is 7.85. The van der Waals surface area contributed by atoms with Crippen molar-refractivity contribution in [2.75, 3.05) is 5.73 Å². The zero-order valence-corrected chi connectivity index (χ0v) is 8.22. The molecule has 1 aromatic rings. The van der Waals surface area contributed by atoms with Gasteiger partial charge >= 0.3 is 0 Å². The number of hydrogen-bond donors (Lipinski definition) is 2. The molecule has 0 aliphatic heterocycles. The van der Waals surface area contributed by atoms with Gasteiger partial charge in [0.15, 0.2) is 0 Å². The van der Waals surface area contributed by atoms with Crippen molar-refractivity contribution in [2.45, 2.75) is 18.7 Å². The van der Waals surface area contributed by atoms with Crippen LogP contribution in [0.5, 0.6) is 0 Å². The summed E-state index contributed by atoms with van der Waals surface area (Å²) in [5.74, 6) is 0. The lowest BCUT2D eigenvalue weighted by atomic mass is 10.1. The SMILES string of the molecule is Cc1ccc(S(=O)(=O)O)c(C)c1N. The van der Waals surface area contributed by atoms with Crippen molar-refractivity contribution in [3.05, 3.63) is 23.3 Å². The van der Waals surface area contributed by atoms with Crippen LogP contribution in [0.2, 0.25) is 0 Å². The minimum absolute atomic E-state index is 0.129. The Hall–Kier alpha value is -1.07. The molecule has 0 saturated carbocycles. The Morgan fingerprint density at radius 2 is 1.85 bits per heavy atom. The van der Waals surface area contributed by atoms with E-state index in [0.29, 0.717) is 11.3 Å². The van der Waals surface area contributed by atoms with Gasteiger partial charge in [-0.25, -0.2) is 0 Å². The number of nitrogen functional groups attached to an aromatic ring is 1. The third-order valence-electron chi connectivity index (χ3n) is 1.96. The minimum Gasteiger partial charge on any atom is -0.398 e. The van der Waals surface area contributed by atoms with Gasteiger partial charge in [0.25, 0.3) is 10.1 Å². The van der Waals surface area contributed by atoms with E-state index in [4.69, 9.17) is 10.3 Å². The Balaban J connectivity index is 3.53. The molecule has 5 heteroatoms. The van der Waals surface area contributed by atoms with Gasteiger partial charge in [-0.05, 0) is 31.0 Å². The van der Waals surface area contributed by atoms with Crippen molar-refractivity contribution >= 4 is 15.8 Å². The summed E-state index contributed by atoms with van der Waals surface area (Å²) in [5.41, 5.74) is 7.19. The van der Waals surface area contributed by atoms with Crippen molar-refractivity contribution in [2.24, 2.45) is 0 Å². The van der Waals surface area contributed by atoms with E-state index in [1.807, 2.05) is 0 Å². The van der Waals surface area contributed by atoms with Crippen LogP contribution < -0.4 is 5.73 Å². The lowest BCUT2D eigenvalue weighted by Gasteiger charge is -2.07. The van der Waals surface area contributed by atoms with Crippen LogP contribution in [0.15, 0.2) is 17.0 Å². The number of rotatable bonds is 1. The Morgan fingerprint density at radius 3 is 2.31 bits per heavy atom. The fourth-order valence-electron chi connectivity index (χ4n) is 1.12. The third-order valence-corrected chi connectivity index (χ3v) is 2.96. The molecular formula is C8H11NO3S. The van der Waals surface area contributed by atoms with E-state index in [0.717, 1.165) is 5.56 Å². The van der Waals surface area contributed by atoms with Crippen molar-refractivity contribution in [3.63, 3.8) is 0 Å². The highest BCUT2D eigenvalue weighted by atomic mass is 32.2. The van der Waals surface area contributed by atoms with Gasteiger partial charge in [0.05, 0.1) is 4.90 Å². The molecular weight excluding hydrogens is 190 g/mol. The number of hydrogen-bond acceptors (Lipinski definition) is 3. The Labute approximate surface area is 77.1 Å². The first-order chi connectivity index (χ1) is 5.84. The summed E-state index contributed by atoms with van der Waals surface area (Å²) in [6.45, 7) is 3.33. The van der Waals surface area contributed by atoms with Crippen LogP contribution in [0.4, 0.5) is 5.69 Å². The molecule has 0 aliphatic carbocycles. The standard InChI is InChI=1S/C8H11NO3S/c1-5-3-4-7(13(10,11)12)6(2)8(5)9/h3-4H,9H2,1-2H3,(H,10,11,12).